The van der Waals surface area contributed by atoms with Gasteiger partial charge in [-0.15, -0.1) is 0 Å². The lowest BCUT2D eigenvalue weighted by Crippen LogP contribution is -2.37. The van der Waals surface area contributed by atoms with E-state index >= 15 is 0 Å². The zero-order valence-corrected chi connectivity index (χ0v) is 16.4. The molecule has 1 N–H and O–H groups in total. The average molecular weight is 381 g/mol. The van der Waals surface area contributed by atoms with Crippen LogP contribution in [0.25, 0.3) is 28.2 Å². The van der Waals surface area contributed by atoms with Crippen molar-refractivity contribution in [2.75, 3.05) is 6.61 Å². The van der Waals surface area contributed by atoms with Crippen molar-refractivity contribution >= 4 is 16.9 Å². The van der Waals surface area contributed by atoms with Gasteiger partial charge in [-0.1, -0.05) is 29.8 Å². The van der Waals surface area contributed by atoms with Crippen molar-refractivity contribution < 1.29 is 5.11 Å². The van der Waals surface area contributed by atoms with Gasteiger partial charge >= 0.3 is 5.69 Å². The minimum absolute atomic E-state index is 0.0528. The van der Waals surface area contributed by atoms with Crippen LogP contribution in [0.5, 0.6) is 0 Å². The summed E-state index contributed by atoms with van der Waals surface area (Å²) < 4.78 is 6.33. The van der Waals surface area contributed by atoms with Crippen LogP contribution in [-0.2, 0) is 20.6 Å². The van der Waals surface area contributed by atoms with Gasteiger partial charge in [0.1, 0.15) is 0 Å². The molecule has 0 saturated carbocycles. The van der Waals surface area contributed by atoms with Crippen LogP contribution in [-0.4, -0.2) is 34.8 Å². The fourth-order valence-corrected chi connectivity index (χ4v) is 3.80. The van der Waals surface area contributed by atoms with Gasteiger partial charge in [0.25, 0.3) is 5.56 Å². The number of aryl methyl sites for hydroxylation is 4. The molecule has 146 valence electrons. The van der Waals surface area contributed by atoms with Gasteiger partial charge in [-0.3, -0.25) is 18.3 Å². The summed E-state index contributed by atoms with van der Waals surface area (Å²) in [6.07, 6.45) is 0.558. The Labute approximate surface area is 160 Å². The number of hydrogen-bond donors (Lipinski definition) is 1. The van der Waals surface area contributed by atoms with Gasteiger partial charge in [0, 0.05) is 38.5 Å². The fourth-order valence-electron chi connectivity index (χ4n) is 3.80. The normalized spacial score (nSPS) is 11.8. The minimum atomic E-state index is -0.406. The van der Waals surface area contributed by atoms with Gasteiger partial charge in [-0.2, -0.15) is 4.98 Å². The molecule has 1 aromatic carbocycles. The molecule has 28 heavy (non-hydrogen) atoms. The molecule has 0 aliphatic rings. The molecule has 0 fully saturated rings. The zero-order valence-electron chi connectivity index (χ0n) is 16.4. The Morgan fingerprint density at radius 1 is 1.04 bits per heavy atom. The molecule has 0 amide bonds. The molecular weight excluding hydrogens is 358 g/mol. The Hall–Kier alpha value is -3.13. The van der Waals surface area contributed by atoms with E-state index in [4.69, 9.17) is 0 Å². The number of nitrogens with zero attached hydrogens (tertiary/aromatic N) is 5. The van der Waals surface area contributed by atoms with Crippen molar-refractivity contribution in [3.8, 4) is 11.3 Å². The maximum Gasteiger partial charge on any atom is 0.332 e. The van der Waals surface area contributed by atoms with Crippen LogP contribution in [0.15, 0.2) is 33.9 Å². The van der Waals surface area contributed by atoms with Gasteiger partial charge < -0.3 is 9.67 Å². The van der Waals surface area contributed by atoms with Crippen molar-refractivity contribution in [3.63, 3.8) is 0 Å². The molecule has 4 aromatic rings. The summed E-state index contributed by atoms with van der Waals surface area (Å²) in [5.74, 6) is 0.592. The molecule has 3 aromatic heterocycles. The summed E-state index contributed by atoms with van der Waals surface area (Å²) in [4.78, 5) is 29.8. The highest BCUT2D eigenvalue weighted by atomic mass is 16.3. The second-order valence-electron chi connectivity index (χ2n) is 7.15. The number of imidazole rings is 2. The third-order valence-electron chi connectivity index (χ3n) is 5.29. The number of aromatic nitrogens is 5. The van der Waals surface area contributed by atoms with Gasteiger partial charge in [-0.05, 0) is 20.3 Å². The van der Waals surface area contributed by atoms with Gasteiger partial charge in [0.2, 0.25) is 5.78 Å². The molecule has 0 spiro atoms. The summed E-state index contributed by atoms with van der Waals surface area (Å²) in [5, 5.41) is 9.37. The van der Waals surface area contributed by atoms with E-state index in [2.05, 4.69) is 4.98 Å². The highest BCUT2D eigenvalue weighted by Crippen LogP contribution is 2.30. The lowest BCUT2D eigenvalue weighted by Gasteiger charge is -2.10. The Morgan fingerprint density at radius 2 is 1.71 bits per heavy atom. The molecular formula is C20H23N5O3. The number of fused-ring (bicyclic) bond motifs is 3. The van der Waals surface area contributed by atoms with Crippen molar-refractivity contribution in [1.82, 2.24) is 23.1 Å². The fraction of sp³-hybridized carbons (Fsp3) is 0.350. The summed E-state index contributed by atoms with van der Waals surface area (Å²) in [6.45, 7) is 4.58. The number of benzene rings is 1. The Morgan fingerprint density at radius 3 is 2.36 bits per heavy atom. The molecule has 0 bridgehead atoms. The number of aliphatic hydroxyl groups is 1. The first-order valence-electron chi connectivity index (χ1n) is 9.22. The van der Waals surface area contributed by atoms with Crippen LogP contribution in [0.3, 0.4) is 0 Å². The molecule has 0 saturated heterocycles. The van der Waals surface area contributed by atoms with Crippen LogP contribution < -0.4 is 11.2 Å². The summed E-state index contributed by atoms with van der Waals surface area (Å²) >= 11 is 0. The van der Waals surface area contributed by atoms with E-state index in [1.165, 1.54) is 11.6 Å². The third kappa shape index (κ3) is 2.45. The van der Waals surface area contributed by atoms with Gasteiger partial charge in [-0.25, -0.2) is 4.79 Å². The van der Waals surface area contributed by atoms with E-state index in [1.54, 1.807) is 7.05 Å². The molecule has 8 nitrogen and oxygen atoms in total. The smallest absolute Gasteiger partial charge is 0.332 e. The van der Waals surface area contributed by atoms with E-state index in [0.717, 1.165) is 27.1 Å². The van der Waals surface area contributed by atoms with Crippen LogP contribution in [0.2, 0.25) is 0 Å². The van der Waals surface area contributed by atoms with E-state index in [0.29, 0.717) is 29.9 Å². The van der Waals surface area contributed by atoms with Gasteiger partial charge in [0.15, 0.2) is 11.2 Å². The van der Waals surface area contributed by atoms with Gasteiger partial charge in [0.05, 0.1) is 5.69 Å². The average Bonchev–Trinajstić information content (AvgIpc) is 3.20. The van der Waals surface area contributed by atoms with Crippen LogP contribution in [0.1, 0.15) is 17.7 Å². The summed E-state index contributed by atoms with van der Waals surface area (Å²) in [7, 11) is 3.09. The Bertz CT molecular complexity index is 1320. The quantitative estimate of drug-likeness (QED) is 0.578. The number of hydrogen-bond acceptors (Lipinski definition) is 4. The highest BCUT2D eigenvalue weighted by molar-refractivity contribution is 5.79. The second-order valence-corrected chi connectivity index (χ2v) is 7.15. The predicted octanol–water partition coefficient (Wildman–Crippen LogP) is 1.35. The van der Waals surface area contributed by atoms with E-state index in [-0.39, 0.29) is 12.2 Å². The molecule has 8 heteroatoms. The lowest BCUT2D eigenvalue weighted by atomic mass is 10.1. The Kier molecular flexibility index (Phi) is 4.23. The largest absolute Gasteiger partial charge is 0.396 e. The minimum Gasteiger partial charge on any atom is -0.396 e. The molecule has 0 radical (unpaired) electrons. The van der Waals surface area contributed by atoms with E-state index < -0.39 is 5.69 Å². The molecule has 0 unspecified atom stereocenters. The lowest BCUT2D eigenvalue weighted by molar-refractivity contribution is 0.280. The van der Waals surface area contributed by atoms with Crippen molar-refractivity contribution in [3.05, 3.63) is 56.4 Å². The SMILES string of the molecule is Cc1ccc(-c2c(C)n3c4c(=O)n(C)c(=O)n(C)c4nc3n2CCCO)cc1. The standard InChI is InChI=1S/C20H23N5O3/c1-12-6-8-14(9-7-12)15-13(2)25-16-17(21-19(25)24(15)10-5-11-26)22(3)20(28)23(4)18(16)27/h6-9,26H,5,10-11H2,1-4H3. The van der Waals surface area contributed by atoms with Crippen LogP contribution in [0.4, 0.5) is 0 Å². The summed E-state index contributed by atoms with van der Waals surface area (Å²) in [6, 6.07) is 8.18. The second kappa shape index (κ2) is 6.49. The number of aliphatic hydroxyl groups excluding tert-OH is 1. The molecule has 0 aliphatic heterocycles. The summed E-state index contributed by atoms with van der Waals surface area (Å²) in [5.41, 5.74) is 3.96. The van der Waals surface area contributed by atoms with Crippen molar-refractivity contribution in [2.45, 2.75) is 26.8 Å². The first-order chi connectivity index (χ1) is 13.4. The maximum atomic E-state index is 12.9. The zero-order chi connectivity index (χ0) is 20.2. The molecule has 4 rings (SSSR count). The molecule has 0 atom stereocenters. The Balaban J connectivity index is 2.16. The third-order valence-corrected chi connectivity index (χ3v) is 5.29. The van der Waals surface area contributed by atoms with E-state index in [9.17, 15) is 14.7 Å². The van der Waals surface area contributed by atoms with Crippen LogP contribution in [0, 0.1) is 13.8 Å². The first kappa shape index (κ1) is 18.2. The monoisotopic (exact) mass is 381 g/mol. The molecule has 0 aliphatic carbocycles. The predicted molar refractivity (Wildman–Crippen MR) is 108 cm³/mol. The number of rotatable bonds is 4. The van der Waals surface area contributed by atoms with Crippen LogP contribution >= 0.6 is 0 Å². The molecule has 3 heterocycles. The van der Waals surface area contributed by atoms with E-state index in [1.807, 2.05) is 47.1 Å². The topological polar surface area (TPSA) is 86.5 Å². The maximum absolute atomic E-state index is 12.9. The van der Waals surface area contributed by atoms with Crippen molar-refractivity contribution in [2.24, 2.45) is 14.1 Å². The first-order valence-corrected chi connectivity index (χ1v) is 9.22. The van der Waals surface area contributed by atoms with Crippen molar-refractivity contribution in [1.29, 1.82) is 0 Å². The highest BCUT2D eigenvalue weighted by Gasteiger charge is 2.23.